The van der Waals surface area contributed by atoms with E-state index in [1.54, 1.807) is 17.0 Å². The minimum absolute atomic E-state index is 0.0419. The third-order valence-corrected chi connectivity index (χ3v) is 4.66. The first kappa shape index (κ1) is 16.7. The number of amides is 1. The van der Waals surface area contributed by atoms with E-state index in [1.165, 1.54) is 0 Å². The van der Waals surface area contributed by atoms with E-state index in [0.29, 0.717) is 12.3 Å². The molecular formula is C19H18BrNO3. The number of esters is 1. The van der Waals surface area contributed by atoms with Gasteiger partial charge in [-0.15, -0.1) is 0 Å². The topological polar surface area (TPSA) is 46.6 Å². The van der Waals surface area contributed by atoms with Gasteiger partial charge in [-0.3, -0.25) is 9.59 Å². The van der Waals surface area contributed by atoms with E-state index in [0.717, 1.165) is 21.3 Å². The normalized spacial score (nSPS) is 17.2. The Morgan fingerprint density at radius 1 is 1.17 bits per heavy atom. The van der Waals surface area contributed by atoms with Crippen LogP contribution in [0.2, 0.25) is 0 Å². The number of rotatable bonds is 3. The summed E-state index contributed by atoms with van der Waals surface area (Å²) in [6.45, 7) is 4.35. The Morgan fingerprint density at radius 3 is 2.54 bits per heavy atom. The maximum Gasteiger partial charge on any atom is 0.316 e. The molecule has 0 saturated carbocycles. The molecule has 1 atom stereocenters. The molecule has 1 heterocycles. The van der Waals surface area contributed by atoms with Crippen molar-refractivity contribution in [3.8, 4) is 5.75 Å². The number of hydrogen-bond donors (Lipinski definition) is 0. The average molecular weight is 388 g/mol. The van der Waals surface area contributed by atoms with E-state index in [4.69, 9.17) is 4.74 Å². The first-order valence-electron chi connectivity index (χ1n) is 7.79. The third kappa shape index (κ3) is 3.51. The van der Waals surface area contributed by atoms with Gasteiger partial charge < -0.3 is 9.64 Å². The molecule has 0 unspecified atom stereocenters. The van der Waals surface area contributed by atoms with Gasteiger partial charge in [-0.25, -0.2) is 0 Å². The molecule has 1 amide bonds. The molecule has 5 heteroatoms. The fourth-order valence-corrected chi connectivity index (χ4v) is 3.17. The van der Waals surface area contributed by atoms with Gasteiger partial charge in [0.2, 0.25) is 5.91 Å². The zero-order chi connectivity index (χ0) is 17.3. The summed E-state index contributed by atoms with van der Waals surface area (Å²) in [5, 5.41) is 0. The van der Waals surface area contributed by atoms with Gasteiger partial charge in [-0.05, 0) is 49.7 Å². The lowest BCUT2D eigenvalue weighted by molar-refractivity contribution is -0.139. The molecule has 24 heavy (non-hydrogen) atoms. The second kappa shape index (κ2) is 6.77. The Bertz CT molecular complexity index is 786. The fourth-order valence-electron chi connectivity index (χ4n) is 2.91. The van der Waals surface area contributed by atoms with Gasteiger partial charge in [-0.2, -0.15) is 0 Å². The highest BCUT2D eigenvalue weighted by molar-refractivity contribution is 9.10. The molecule has 1 aliphatic rings. The molecule has 1 fully saturated rings. The first-order chi connectivity index (χ1) is 11.4. The number of halogens is 1. The molecule has 124 valence electrons. The largest absolute Gasteiger partial charge is 0.426 e. The molecule has 0 radical (unpaired) electrons. The SMILES string of the molecule is Cc1ccc(N2C[C@@H](C(=O)Oc3ccc(Br)cc3)CC2=O)c(C)c1. The lowest BCUT2D eigenvalue weighted by Crippen LogP contribution is -2.27. The van der Waals surface area contributed by atoms with Gasteiger partial charge in [-0.1, -0.05) is 33.6 Å². The Balaban J connectivity index is 1.72. The molecule has 4 nitrogen and oxygen atoms in total. The molecule has 0 aromatic heterocycles. The fraction of sp³-hybridized carbons (Fsp3) is 0.263. The molecule has 0 aliphatic carbocycles. The van der Waals surface area contributed by atoms with Crippen LogP contribution in [0.4, 0.5) is 5.69 Å². The van der Waals surface area contributed by atoms with Crippen molar-refractivity contribution < 1.29 is 14.3 Å². The van der Waals surface area contributed by atoms with Crippen LogP contribution in [-0.2, 0) is 9.59 Å². The van der Waals surface area contributed by atoms with E-state index >= 15 is 0 Å². The van der Waals surface area contributed by atoms with Gasteiger partial charge in [0.05, 0.1) is 5.92 Å². The summed E-state index contributed by atoms with van der Waals surface area (Å²) in [4.78, 5) is 26.4. The van der Waals surface area contributed by atoms with Crippen molar-refractivity contribution in [1.82, 2.24) is 0 Å². The van der Waals surface area contributed by atoms with Crippen LogP contribution in [0.1, 0.15) is 17.5 Å². The van der Waals surface area contributed by atoms with Crippen LogP contribution in [0.15, 0.2) is 46.9 Å². The van der Waals surface area contributed by atoms with Crippen LogP contribution in [-0.4, -0.2) is 18.4 Å². The standard InChI is InChI=1S/C19H18BrNO3/c1-12-3-8-17(13(2)9-12)21-11-14(10-18(21)22)19(23)24-16-6-4-15(20)5-7-16/h3-9,14H,10-11H2,1-2H3/t14-/m0/s1. The zero-order valence-corrected chi connectivity index (χ0v) is 15.2. The van der Waals surface area contributed by atoms with Crippen molar-refractivity contribution in [2.75, 3.05) is 11.4 Å². The van der Waals surface area contributed by atoms with Crippen molar-refractivity contribution in [2.24, 2.45) is 5.92 Å². The number of carbonyl (C=O) groups excluding carboxylic acids is 2. The Hall–Kier alpha value is -2.14. The minimum Gasteiger partial charge on any atom is -0.426 e. The summed E-state index contributed by atoms with van der Waals surface area (Å²) in [6, 6.07) is 13.0. The monoisotopic (exact) mass is 387 g/mol. The highest BCUT2D eigenvalue weighted by atomic mass is 79.9. The Labute approximate surface area is 149 Å². The molecular weight excluding hydrogens is 370 g/mol. The second-order valence-corrected chi connectivity index (χ2v) is 6.99. The number of benzene rings is 2. The summed E-state index contributed by atoms with van der Waals surface area (Å²) in [5.41, 5.74) is 3.05. The smallest absolute Gasteiger partial charge is 0.316 e. The maximum absolute atomic E-state index is 12.3. The van der Waals surface area contributed by atoms with E-state index in [-0.39, 0.29) is 18.3 Å². The summed E-state index contributed by atoms with van der Waals surface area (Å²) >= 11 is 3.34. The number of nitrogens with zero attached hydrogens (tertiary/aromatic N) is 1. The van der Waals surface area contributed by atoms with Gasteiger partial charge in [0.15, 0.2) is 0 Å². The summed E-state index contributed by atoms with van der Waals surface area (Å²) in [5.74, 6) is -0.361. The Morgan fingerprint density at radius 2 is 1.88 bits per heavy atom. The van der Waals surface area contributed by atoms with Gasteiger partial charge in [0, 0.05) is 23.1 Å². The lowest BCUT2D eigenvalue weighted by atomic mass is 10.1. The first-order valence-corrected chi connectivity index (χ1v) is 8.58. The second-order valence-electron chi connectivity index (χ2n) is 6.07. The number of ether oxygens (including phenoxy) is 1. The minimum atomic E-state index is -0.443. The summed E-state index contributed by atoms with van der Waals surface area (Å²) in [7, 11) is 0. The predicted molar refractivity (Wildman–Crippen MR) is 96.2 cm³/mol. The van der Waals surface area contributed by atoms with Gasteiger partial charge >= 0.3 is 5.97 Å². The zero-order valence-electron chi connectivity index (χ0n) is 13.6. The van der Waals surface area contributed by atoms with Crippen molar-refractivity contribution in [2.45, 2.75) is 20.3 Å². The number of aryl methyl sites for hydroxylation is 2. The van der Waals surface area contributed by atoms with E-state index in [2.05, 4.69) is 15.9 Å². The van der Waals surface area contributed by atoms with E-state index in [1.807, 2.05) is 44.2 Å². The molecule has 2 aromatic rings. The molecule has 0 N–H and O–H groups in total. The quantitative estimate of drug-likeness (QED) is 0.589. The highest BCUT2D eigenvalue weighted by Crippen LogP contribution is 2.29. The van der Waals surface area contributed by atoms with Crippen LogP contribution in [0.25, 0.3) is 0 Å². The number of anilines is 1. The van der Waals surface area contributed by atoms with Crippen LogP contribution in [0.3, 0.4) is 0 Å². The molecule has 1 saturated heterocycles. The van der Waals surface area contributed by atoms with Crippen molar-refractivity contribution >= 4 is 33.5 Å². The van der Waals surface area contributed by atoms with E-state index < -0.39 is 5.92 Å². The molecule has 3 rings (SSSR count). The highest BCUT2D eigenvalue weighted by Gasteiger charge is 2.36. The molecule has 1 aliphatic heterocycles. The van der Waals surface area contributed by atoms with Crippen LogP contribution in [0, 0.1) is 19.8 Å². The molecule has 0 spiro atoms. The van der Waals surface area contributed by atoms with E-state index in [9.17, 15) is 9.59 Å². The Kier molecular flexibility index (Phi) is 4.71. The number of carbonyl (C=O) groups is 2. The van der Waals surface area contributed by atoms with Crippen LogP contribution < -0.4 is 9.64 Å². The molecule has 0 bridgehead atoms. The lowest BCUT2D eigenvalue weighted by Gasteiger charge is -2.19. The van der Waals surface area contributed by atoms with Crippen molar-refractivity contribution in [3.05, 3.63) is 58.1 Å². The van der Waals surface area contributed by atoms with Crippen molar-refractivity contribution in [1.29, 1.82) is 0 Å². The van der Waals surface area contributed by atoms with Crippen LogP contribution >= 0.6 is 15.9 Å². The van der Waals surface area contributed by atoms with Gasteiger partial charge in [0.25, 0.3) is 0 Å². The van der Waals surface area contributed by atoms with Gasteiger partial charge in [0.1, 0.15) is 5.75 Å². The predicted octanol–water partition coefficient (Wildman–Crippen LogP) is 4.02. The summed E-state index contributed by atoms with van der Waals surface area (Å²) < 4.78 is 6.31. The third-order valence-electron chi connectivity index (χ3n) is 4.13. The van der Waals surface area contributed by atoms with Crippen molar-refractivity contribution in [3.63, 3.8) is 0 Å². The average Bonchev–Trinajstić information content (AvgIpc) is 2.91. The van der Waals surface area contributed by atoms with Crippen LogP contribution in [0.5, 0.6) is 5.75 Å². The summed E-state index contributed by atoms with van der Waals surface area (Å²) in [6.07, 6.45) is 0.183. The number of hydrogen-bond acceptors (Lipinski definition) is 3. The molecule has 2 aromatic carbocycles. The maximum atomic E-state index is 12.3.